The number of guanidine groups is 1. The molecule has 2 heterocycles. The first-order chi connectivity index (χ1) is 13.1. The number of anilines is 1. The van der Waals surface area contributed by atoms with E-state index in [2.05, 4.69) is 25.6 Å². The topological polar surface area (TPSA) is 68.3 Å². The number of fused-ring (bicyclic) bond motifs is 1. The minimum Gasteiger partial charge on any atom is -0.362 e. The molecule has 6 nitrogen and oxygen atoms in total. The molecular weight excluding hydrogens is 470 g/mol. The van der Waals surface area contributed by atoms with E-state index < -0.39 is 0 Å². The summed E-state index contributed by atoms with van der Waals surface area (Å²) in [5.41, 5.74) is 3.12. The first kappa shape index (κ1) is 21.9. The molecule has 3 aromatic rings. The lowest BCUT2D eigenvalue weighted by atomic mass is 10.1. The maximum Gasteiger partial charge on any atom is 0.191 e. The number of hydrogen-bond acceptors (Lipinski definition) is 3. The normalized spacial score (nSPS) is 11.2. The van der Waals surface area contributed by atoms with Crippen molar-refractivity contribution in [2.24, 2.45) is 4.99 Å². The quantitative estimate of drug-likeness (QED) is 0.279. The van der Waals surface area contributed by atoms with Crippen molar-refractivity contribution < 1.29 is 4.39 Å². The molecule has 0 saturated carbocycles. The van der Waals surface area contributed by atoms with Gasteiger partial charge in [-0.1, -0.05) is 6.07 Å². The Kier molecular flexibility index (Phi) is 8.04. The highest BCUT2D eigenvalue weighted by atomic mass is 127. The fourth-order valence-corrected chi connectivity index (χ4v) is 3.04. The van der Waals surface area contributed by atoms with Crippen LogP contribution in [0.15, 0.2) is 47.7 Å². The van der Waals surface area contributed by atoms with Gasteiger partial charge in [0.1, 0.15) is 11.6 Å². The number of nitrogens with one attached hydrogen (secondary N) is 3. The highest BCUT2D eigenvalue weighted by Gasteiger charge is 2.08. The Balaban J connectivity index is 0.00000280. The summed E-state index contributed by atoms with van der Waals surface area (Å²) < 4.78 is 13.5. The molecule has 0 aliphatic heterocycles. The summed E-state index contributed by atoms with van der Waals surface area (Å²) in [7, 11) is 5.69. The van der Waals surface area contributed by atoms with Gasteiger partial charge in [0.25, 0.3) is 0 Å². The van der Waals surface area contributed by atoms with Gasteiger partial charge in [-0.05, 0) is 36.2 Å². The first-order valence-corrected chi connectivity index (χ1v) is 8.89. The fourth-order valence-electron chi connectivity index (χ4n) is 3.04. The average Bonchev–Trinajstić information content (AvgIpc) is 3.06. The largest absolute Gasteiger partial charge is 0.362 e. The third kappa shape index (κ3) is 5.34. The number of rotatable bonds is 6. The van der Waals surface area contributed by atoms with E-state index in [0.717, 1.165) is 40.2 Å². The summed E-state index contributed by atoms with van der Waals surface area (Å²) in [5.74, 6) is 1.43. The van der Waals surface area contributed by atoms with Gasteiger partial charge >= 0.3 is 0 Å². The Morgan fingerprint density at radius 3 is 2.79 bits per heavy atom. The summed E-state index contributed by atoms with van der Waals surface area (Å²) in [6.45, 7) is 1.32. The molecule has 0 atom stereocenters. The molecule has 0 amide bonds. The van der Waals surface area contributed by atoms with E-state index in [1.807, 2.05) is 37.3 Å². The number of H-pyrrole nitrogens is 1. The van der Waals surface area contributed by atoms with Gasteiger partial charge in [-0.3, -0.25) is 4.99 Å². The molecule has 8 heteroatoms. The number of aromatic nitrogens is 2. The highest BCUT2D eigenvalue weighted by molar-refractivity contribution is 14.0. The van der Waals surface area contributed by atoms with E-state index in [1.54, 1.807) is 25.4 Å². The van der Waals surface area contributed by atoms with Gasteiger partial charge in [-0.15, -0.1) is 24.0 Å². The monoisotopic (exact) mass is 496 g/mol. The number of hydrogen-bond donors (Lipinski definition) is 3. The molecular formula is C20H26FIN6. The van der Waals surface area contributed by atoms with Gasteiger partial charge in [0.2, 0.25) is 0 Å². The molecule has 0 aliphatic rings. The van der Waals surface area contributed by atoms with Crippen LogP contribution in [0.1, 0.15) is 11.1 Å². The van der Waals surface area contributed by atoms with Gasteiger partial charge in [0, 0.05) is 63.1 Å². The molecule has 3 rings (SSSR count). The number of halogens is 2. The predicted molar refractivity (Wildman–Crippen MR) is 124 cm³/mol. The van der Waals surface area contributed by atoms with Crippen LogP contribution in [0.2, 0.25) is 0 Å². The van der Waals surface area contributed by atoms with Crippen LogP contribution in [0.4, 0.5) is 10.2 Å². The lowest BCUT2D eigenvalue weighted by molar-refractivity contribution is 0.629. The van der Waals surface area contributed by atoms with Gasteiger partial charge in [0.15, 0.2) is 5.96 Å². The Morgan fingerprint density at radius 1 is 1.21 bits per heavy atom. The van der Waals surface area contributed by atoms with Gasteiger partial charge < -0.3 is 20.5 Å². The molecule has 0 spiro atoms. The van der Waals surface area contributed by atoms with Gasteiger partial charge in [0.05, 0.1) is 0 Å². The Hall–Kier alpha value is -2.36. The lowest BCUT2D eigenvalue weighted by Crippen LogP contribution is -2.38. The van der Waals surface area contributed by atoms with Crippen molar-refractivity contribution >= 4 is 46.7 Å². The van der Waals surface area contributed by atoms with E-state index in [4.69, 9.17) is 0 Å². The van der Waals surface area contributed by atoms with E-state index in [9.17, 15) is 4.39 Å². The van der Waals surface area contributed by atoms with Crippen molar-refractivity contribution in [3.8, 4) is 0 Å². The smallest absolute Gasteiger partial charge is 0.191 e. The van der Waals surface area contributed by atoms with Crippen LogP contribution in [0.25, 0.3) is 10.9 Å². The number of aliphatic imine (C=N–C) groups is 1. The van der Waals surface area contributed by atoms with E-state index in [1.165, 1.54) is 6.07 Å². The van der Waals surface area contributed by atoms with Crippen LogP contribution >= 0.6 is 24.0 Å². The Morgan fingerprint density at radius 2 is 2.04 bits per heavy atom. The van der Waals surface area contributed by atoms with Crippen LogP contribution in [0.3, 0.4) is 0 Å². The minimum atomic E-state index is -0.220. The molecule has 1 aromatic carbocycles. The number of nitrogens with zero attached hydrogens (tertiary/aromatic N) is 3. The van der Waals surface area contributed by atoms with E-state index in [0.29, 0.717) is 13.1 Å². The molecule has 3 N–H and O–H groups in total. The molecule has 0 aliphatic carbocycles. The molecule has 0 saturated heterocycles. The lowest BCUT2D eigenvalue weighted by Gasteiger charge is -2.17. The summed E-state index contributed by atoms with van der Waals surface area (Å²) in [6.07, 6.45) is 4.48. The van der Waals surface area contributed by atoms with Crippen molar-refractivity contribution in [1.29, 1.82) is 0 Å². The second-order valence-electron chi connectivity index (χ2n) is 6.49. The third-order valence-electron chi connectivity index (χ3n) is 4.38. The fraction of sp³-hybridized carbons (Fsp3) is 0.300. The summed E-state index contributed by atoms with van der Waals surface area (Å²) in [6, 6.07) is 8.77. The van der Waals surface area contributed by atoms with Crippen molar-refractivity contribution in [3.63, 3.8) is 0 Å². The van der Waals surface area contributed by atoms with Crippen LogP contribution in [-0.2, 0) is 13.0 Å². The van der Waals surface area contributed by atoms with Crippen LogP contribution in [-0.4, -0.2) is 43.6 Å². The molecule has 0 fully saturated rings. The zero-order chi connectivity index (χ0) is 19.2. The molecule has 0 unspecified atom stereocenters. The zero-order valence-electron chi connectivity index (χ0n) is 16.3. The summed E-state index contributed by atoms with van der Waals surface area (Å²) in [4.78, 5) is 13.8. The van der Waals surface area contributed by atoms with Crippen molar-refractivity contribution in [2.45, 2.75) is 13.0 Å². The van der Waals surface area contributed by atoms with Crippen molar-refractivity contribution in [1.82, 2.24) is 20.6 Å². The highest BCUT2D eigenvalue weighted by Crippen LogP contribution is 2.19. The molecule has 2 aromatic heterocycles. The van der Waals surface area contributed by atoms with E-state index >= 15 is 0 Å². The zero-order valence-corrected chi connectivity index (χ0v) is 18.6. The maximum absolute atomic E-state index is 13.5. The SMILES string of the molecule is CN=C(NCCc1c[nH]c2ccc(F)cc12)NCc1cccnc1N(C)C.I. The van der Waals surface area contributed by atoms with Crippen molar-refractivity contribution in [2.75, 3.05) is 32.6 Å². The molecule has 0 bridgehead atoms. The Bertz CT molecular complexity index is 937. The number of pyridine rings is 1. The number of aromatic amines is 1. The maximum atomic E-state index is 13.5. The predicted octanol–water partition coefficient (Wildman–Crippen LogP) is 3.29. The summed E-state index contributed by atoms with van der Waals surface area (Å²) in [5, 5.41) is 7.54. The first-order valence-electron chi connectivity index (χ1n) is 8.89. The van der Waals surface area contributed by atoms with E-state index in [-0.39, 0.29) is 29.8 Å². The number of benzene rings is 1. The second kappa shape index (κ2) is 10.3. The standard InChI is InChI=1S/C20H25FN6.HI/c1-22-20(26-13-15-5-4-9-23-19(15)27(2)3)24-10-8-14-12-25-18-7-6-16(21)11-17(14)18;/h4-7,9,11-12,25H,8,10,13H2,1-3H3,(H2,22,24,26);1H. The average molecular weight is 496 g/mol. The van der Waals surface area contributed by atoms with Crippen LogP contribution < -0.4 is 15.5 Å². The van der Waals surface area contributed by atoms with Gasteiger partial charge in [-0.2, -0.15) is 0 Å². The summed E-state index contributed by atoms with van der Waals surface area (Å²) >= 11 is 0. The van der Waals surface area contributed by atoms with Crippen LogP contribution in [0.5, 0.6) is 0 Å². The minimum absolute atomic E-state index is 0. The molecule has 28 heavy (non-hydrogen) atoms. The van der Waals surface area contributed by atoms with Crippen LogP contribution in [0, 0.1) is 5.82 Å². The molecule has 0 radical (unpaired) electrons. The van der Waals surface area contributed by atoms with Gasteiger partial charge in [-0.25, -0.2) is 9.37 Å². The van der Waals surface area contributed by atoms with Crippen molar-refractivity contribution in [3.05, 3.63) is 59.7 Å². The Labute approximate surface area is 181 Å². The third-order valence-corrected chi connectivity index (χ3v) is 4.38. The molecule has 150 valence electrons. The second-order valence-corrected chi connectivity index (χ2v) is 6.49.